The molecule has 1 aliphatic rings. The van der Waals surface area contributed by atoms with Gasteiger partial charge in [0.25, 0.3) is 0 Å². The lowest BCUT2D eigenvalue weighted by Crippen LogP contribution is -2.31. The van der Waals surface area contributed by atoms with Gasteiger partial charge in [-0.2, -0.15) is 9.97 Å². The van der Waals surface area contributed by atoms with Crippen molar-refractivity contribution < 1.29 is 4.92 Å². The minimum absolute atomic E-state index is 0.105. The van der Waals surface area contributed by atoms with Crippen molar-refractivity contribution in [3.8, 4) is 0 Å². The lowest BCUT2D eigenvalue weighted by atomic mass is 10.1. The van der Waals surface area contributed by atoms with Crippen LogP contribution in [0.25, 0.3) is 0 Å². The first-order chi connectivity index (χ1) is 11.6. The van der Waals surface area contributed by atoms with Crippen LogP contribution in [-0.4, -0.2) is 28.0 Å². The van der Waals surface area contributed by atoms with Gasteiger partial charge in [0.2, 0.25) is 17.6 Å². The predicted octanol–water partition coefficient (Wildman–Crippen LogP) is 2.57. The van der Waals surface area contributed by atoms with E-state index in [-0.39, 0.29) is 11.5 Å². The van der Waals surface area contributed by atoms with Gasteiger partial charge in [-0.25, -0.2) is 0 Å². The summed E-state index contributed by atoms with van der Waals surface area (Å²) in [5, 5.41) is 14.5. The molecule has 8 heteroatoms. The van der Waals surface area contributed by atoms with Gasteiger partial charge in [-0.3, -0.25) is 10.1 Å². The van der Waals surface area contributed by atoms with Crippen molar-refractivity contribution in [2.24, 2.45) is 0 Å². The number of nitro groups is 1. The monoisotopic (exact) mass is 328 g/mol. The second-order valence-corrected chi connectivity index (χ2v) is 5.75. The quantitative estimate of drug-likeness (QED) is 0.641. The first-order valence-electron chi connectivity index (χ1n) is 8.00. The Morgan fingerprint density at radius 3 is 2.54 bits per heavy atom. The molecule has 0 aliphatic carbocycles. The Morgan fingerprint density at radius 1 is 1.17 bits per heavy atom. The number of nitrogens with one attached hydrogen (secondary N) is 1. The van der Waals surface area contributed by atoms with E-state index in [1.807, 2.05) is 35.2 Å². The summed E-state index contributed by atoms with van der Waals surface area (Å²) < 4.78 is 0. The SMILES string of the molecule is Nc1nc(NCc2ccccc2)nc(N2CCCCC2)c1[N+](=O)[O-]. The molecule has 0 atom stereocenters. The number of nitrogen functional groups attached to an aromatic ring is 1. The van der Waals surface area contributed by atoms with Crippen LogP contribution < -0.4 is 16.0 Å². The number of anilines is 3. The molecule has 1 aromatic heterocycles. The predicted molar refractivity (Wildman–Crippen MR) is 92.9 cm³/mol. The van der Waals surface area contributed by atoms with Crippen LogP contribution in [-0.2, 0) is 6.54 Å². The Bertz CT molecular complexity index is 716. The van der Waals surface area contributed by atoms with Crippen molar-refractivity contribution in [2.45, 2.75) is 25.8 Å². The summed E-state index contributed by atoms with van der Waals surface area (Å²) >= 11 is 0. The zero-order valence-electron chi connectivity index (χ0n) is 13.3. The zero-order valence-corrected chi connectivity index (χ0v) is 13.3. The molecule has 0 amide bonds. The third-order valence-corrected chi connectivity index (χ3v) is 4.02. The van der Waals surface area contributed by atoms with Gasteiger partial charge < -0.3 is 16.0 Å². The van der Waals surface area contributed by atoms with Crippen molar-refractivity contribution in [3.63, 3.8) is 0 Å². The minimum Gasteiger partial charge on any atom is -0.378 e. The second-order valence-electron chi connectivity index (χ2n) is 5.75. The number of nitrogens with two attached hydrogens (primary N) is 1. The molecule has 0 saturated carbocycles. The van der Waals surface area contributed by atoms with Crippen LogP contribution in [0.1, 0.15) is 24.8 Å². The lowest BCUT2D eigenvalue weighted by molar-refractivity contribution is -0.383. The van der Waals surface area contributed by atoms with Crippen LogP contribution in [0.2, 0.25) is 0 Å². The number of piperidine rings is 1. The number of benzene rings is 1. The molecule has 0 unspecified atom stereocenters. The Morgan fingerprint density at radius 2 is 1.88 bits per heavy atom. The van der Waals surface area contributed by atoms with E-state index in [1.54, 1.807) is 0 Å². The molecule has 2 heterocycles. The fourth-order valence-corrected chi connectivity index (χ4v) is 2.82. The molecule has 1 aromatic carbocycles. The highest BCUT2D eigenvalue weighted by atomic mass is 16.6. The van der Waals surface area contributed by atoms with Crippen molar-refractivity contribution >= 4 is 23.3 Å². The largest absolute Gasteiger partial charge is 0.378 e. The smallest absolute Gasteiger partial charge is 0.353 e. The third kappa shape index (κ3) is 3.53. The van der Waals surface area contributed by atoms with E-state index in [1.165, 1.54) is 0 Å². The van der Waals surface area contributed by atoms with Crippen molar-refractivity contribution in [1.29, 1.82) is 0 Å². The molecule has 126 valence electrons. The molecule has 1 aliphatic heterocycles. The van der Waals surface area contributed by atoms with Gasteiger partial charge in [-0.05, 0) is 24.8 Å². The molecule has 0 bridgehead atoms. The Hall–Kier alpha value is -2.90. The first-order valence-corrected chi connectivity index (χ1v) is 8.00. The molecule has 0 spiro atoms. The molecular weight excluding hydrogens is 308 g/mol. The van der Waals surface area contributed by atoms with Crippen LogP contribution in [0.5, 0.6) is 0 Å². The molecule has 0 radical (unpaired) electrons. The Labute approximate surface area is 139 Å². The molecule has 2 aromatic rings. The molecule has 8 nitrogen and oxygen atoms in total. The van der Waals surface area contributed by atoms with Crippen LogP contribution in [0.15, 0.2) is 30.3 Å². The van der Waals surface area contributed by atoms with E-state index < -0.39 is 4.92 Å². The highest BCUT2D eigenvalue weighted by Gasteiger charge is 2.28. The molecule has 3 rings (SSSR count). The van der Waals surface area contributed by atoms with E-state index >= 15 is 0 Å². The summed E-state index contributed by atoms with van der Waals surface area (Å²) in [5.74, 6) is 0.511. The highest BCUT2D eigenvalue weighted by Crippen LogP contribution is 2.33. The normalized spacial score (nSPS) is 14.4. The molecule has 3 N–H and O–H groups in total. The maximum Gasteiger partial charge on any atom is 0.353 e. The van der Waals surface area contributed by atoms with Gasteiger partial charge in [-0.15, -0.1) is 0 Å². The topological polar surface area (TPSA) is 110 Å². The standard InChI is InChI=1S/C16H20N6O2/c17-14-13(22(23)24)15(21-9-5-2-6-10-21)20-16(19-14)18-11-12-7-3-1-4-8-12/h1,3-4,7-8H,2,5-6,9-11H2,(H3,17,18,19,20). The maximum absolute atomic E-state index is 11.4. The Kier molecular flexibility index (Phi) is 4.74. The van der Waals surface area contributed by atoms with Gasteiger partial charge in [0.15, 0.2) is 0 Å². The molecule has 1 saturated heterocycles. The van der Waals surface area contributed by atoms with Crippen LogP contribution in [0, 0.1) is 10.1 Å². The molecular formula is C16H20N6O2. The van der Waals surface area contributed by atoms with E-state index in [9.17, 15) is 10.1 Å². The number of aromatic nitrogens is 2. The average Bonchev–Trinajstić information content (AvgIpc) is 2.60. The van der Waals surface area contributed by atoms with Crippen LogP contribution in [0.3, 0.4) is 0 Å². The van der Waals surface area contributed by atoms with Crippen molar-refractivity contribution in [2.75, 3.05) is 29.0 Å². The van der Waals surface area contributed by atoms with E-state index in [0.717, 1.165) is 37.9 Å². The van der Waals surface area contributed by atoms with Gasteiger partial charge in [0.1, 0.15) is 0 Å². The van der Waals surface area contributed by atoms with E-state index in [2.05, 4.69) is 15.3 Å². The number of rotatable bonds is 5. The van der Waals surface area contributed by atoms with Gasteiger partial charge in [0, 0.05) is 19.6 Å². The van der Waals surface area contributed by atoms with E-state index in [4.69, 9.17) is 5.73 Å². The van der Waals surface area contributed by atoms with Crippen LogP contribution >= 0.6 is 0 Å². The summed E-state index contributed by atoms with van der Waals surface area (Å²) in [6.45, 7) is 2.02. The highest BCUT2D eigenvalue weighted by molar-refractivity contribution is 5.71. The number of hydrogen-bond acceptors (Lipinski definition) is 7. The van der Waals surface area contributed by atoms with Gasteiger partial charge in [-0.1, -0.05) is 30.3 Å². The summed E-state index contributed by atoms with van der Waals surface area (Å²) in [7, 11) is 0. The lowest BCUT2D eigenvalue weighted by Gasteiger charge is -2.27. The van der Waals surface area contributed by atoms with Crippen molar-refractivity contribution in [1.82, 2.24) is 9.97 Å². The Balaban J connectivity index is 1.87. The summed E-state index contributed by atoms with van der Waals surface area (Å²) in [6.07, 6.45) is 3.12. The maximum atomic E-state index is 11.4. The summed E-state index contributed by atoms with van der Waals surface area (Å²) in [5.41, 5.74) is 6.70. The number of nitrogens with zero attached hydrogens (tertiary/aromatic N) is 4. The molecule has 1 fully saturated rings. The summed E-state index contributed by atoms with van der Waals surface area (Å²) in [6, 6.07) is 9.79. The zero-order chi connectivity index (χ0) is 16.9. The van der Waals surface area contributed by atoms with Gasteiger partial charge in [0.05, 0.1) is 4.92 Å². The fraction of sp³-hybridized carbons (Fsp3) is 0.375. The van der Waals surface area contributed by atoms with Gasteiger partial charge >= 0.3 is 5.69 Å². The molecule has 24 heavy (non-hydrogen) atoms. The number of hydrogen-bond donors (Lipinski definition) is 2. The van der Waals surface area contributed by atoms with E-state index in [0.29, 0.717) is 18.3 Å². The average molecular weight is 328 g/mol. The van der Waals surface area contributed by atoms with Crippen molar-refractivity contribution in [3.05, 3.63) is 46.0 Å². The van der Waals surface area contributed by atoms with Crippen LogP contribution in [0.4, 0.5) is 23.3 Å². The fourth-order valence-electron chi connectivity index (χ4n) is 2.82. The second kappa shape index (κ2) is 7.12. The minimum atomic E-state index is -0.500. The third-order valence-electron chi connectivity index (χ3n) is 4.02. The summed E-state index contributed by atoms with van der Waals surface area (Å²) in [4.78, 5) is 21.2. The first kappa shape index (κ1) is 16.0.